The van der Waals surface area contributed by atoms with Gasteiger partial charge in [0, 0.05) is 16.4 Å². The van der Waals surface area contributed by atoms with Crippen molar-refractivity contribution < 1.29 is 8.78 Å². The first kappa shape index (κ1) is 10.3. The Balaban J connectivity index is 2.33. The lowest BCUT2D eigenvalue weighted by Crippen LogP contribution is -1.89. The number of benzene rings is 1. The molecule has 1 heterocycles. The monoisotopic (exact) mass is 272 g/mol. The van der Waals surface area contributed by atoms with E-state index in [1.165, 1.54) is 12.5 Å². The molecular weight excluding hydrogens is 266 g/mol. The van der Waals surface area contributed by atoms with Crippen molar-refractivity contribution in [2.24, 2.45) is 0 Å². The summed E-state index contributed by atoms with van der Waals surface area (Å²) in [6, 6.07) is 7.33. The van der Waals surface area contributed by atoms with Crippen LogP contribution in [0, 0.1) is 0 Å². The SMILES string of the molecule is FC(F)c1cn(-c2ccc(Br)cc2)cn1. The zero-order chi connectivity index (χ0) is 10.8. The fourth-order valence-corrected chi connectivity index (χ4v) is 1.47. The molecule has 5 heteroatoms. The minimum Gasteiger partial charge on any atom is -0.306 e. The second-order valence-electron chi connectivity index (χ2n) is 2.98. The van der Waals surface area contributed by atoms with E-state index in [1.807, 2.05) is 24.3 Å². The topological polar surface area (TPSA) is 17.8 Å². The Labute approximate surface area is 93.7 Å². The minimum atomic E-state index is -2.53. The fourth-order valence-electron chi connectivity index (χ4n) is 1.21. The fraction of sp³-hybridized carbons (Fsp3) is 0.100. The normalized spacial score (nSPS) is 10.9. The number of alkyl halides is 2. The van der Waals surface area contributed by atoms with Crippen molar-refractivity contribution in [1.29, 1.82) is 0 Å². The van der Waals surface area contributed by atoms with Crippen LogP contribution in [0.1, 0.15) is 12.1 Å². The highest BCUT2D eigenvalue weighted by atomic mass is 79.9. The van der Waals surface area contributed by atoms with Gasteiger partial charge in [0.2, 0.25) is 0 Å². The molecule has 78 valence electrons. The van der Waals surface area contributed by atoms with Crippen LogP contribution >= 0.6 is 15.9 Å². The summed E-state index contributed by atoms with van der Waals surface area (Å²) in [5.74, 6) is 0. The lowest BCUT2D eigenvalue weighted by Gasteiger charge is -2.00. The Morgan fingerprint density at radius 2 is 1.87 bits per heavy atom. The van der Waals surface area contributed by atoms with E-state index in [9.17, 15) is 8.78 Å². The molecule has 0 saturated heterocycles. The summed E-state index contributed by atoms with van der Waals surface area (Å²) in [7, 11) is 0. The van der Waals surface area contributed by atoms with Gasteiger partial charge >= 0.3 is 0 Å². The number of nitrogens with zero attached hydrogens (tertiary/aromatic N) is 2. The first-order valence-electron chi connectivity index (χ1n) is 4.25. The van der Waals surface area contributed by atoms with Crippen molar-refractivity contribution in [1.82, 2.24) is 9.55 Å². The number of aromatic nitrogens is 2. The molecule has 1 aromatic heterocycles. The molecule has 0 aliphatic carbocycles. The Kier molecular flexibility index (Phi) is 2.81. The van der Waals surface area contributed by atoms with Gasteiger partial charge in [0.25, 0.3) is 6.43 Å². The molecule has 0 radical (unpaired) electrons. The summed E-state index contributed by atoms with van der Waals surface area (Å²) in [4.78, 5) is 3.62. The van der Waals surface area contributed by atoms with Crippen molar-refractivity contribution in [2.45, 2.75) is 6.43 Å². The van der Waals surface area contributed by atoms with E-state index in [4.69, 9.17) is 0 Å². The van der Waals surface area contributed by atoms with Crippen LogP contribution in [0.4, 0.5) is 8.78 Å². The first-order valence-corrected chi connectivity index (χ1v) is 5.04. The summed E-state index contributed by atoms with van der Waals surface area (Å²) in [5, 5.41) is 0. The summed E-state index contributed by atoms with van der Waals surface area (Å²) in [5.41, 5.74) is 0.593. The molecule has 0 spiro atoms. The van der Waals surface area contributed by atoms with Crippen molar-refractivity contribution in [3.05, 3.63) is 47.0 Å². The molecule has 0 atom stereocenters. The highest BCUT2D eigenvalue weighted by Gasteiger charge is 2.10. The van der Waals surface area contributed by atoms with Crippen LogP contribution in [-0.4, -0.2) is 9.55 Å². The van der Waals surface area contributed by atoms with Crippen LogP contribution in [-0.2, 0) is 0 Å². The van der Waals surface area contributed by atoms with E-state index in [0.29, 0.717) is 0 Å². The average molecular weight is 273 g/mol. The highest BCUT2D eigenvalue weighted by Crippen LogP contribution is 2.19. The number of hydrogen-bond acceptors (Lipinski definition) is 1. The molecule has 0 bridgehead atoms. The van der Waals surface area contributed by atoms with Gasteiger partial charge in [0.05, 0.1) is 6.33 Å². The average Bonchev–Trinajstić information content (AvgIpc) is 2.68. The third-order valence-corrected chi connectivity index (χ3v) is 2.48. The smallest absolute Gasteiger partial charge is 0.281 e. The molecule has 0 aliphatic heterocycles. The summed E-state index contributed by atoms with van der Waals surface area (Å²) in [6.07, 6.45) is 0.181. The van der Waals surface area contributed by atoms with E-state index in [1.54, 1.807) is 4.57 Å². The Morgan fingerprint density at radius 3 is 2.40 bits per heavy atom. The molecule has 2 aromatic rings. The van der Waals surface area contributed by atoms with Gasteiger partial charge in [-0.25, -0.2) is 13.8 Å². The summed E-state index contributed by atoms with van der Waals surface area (Å²) in [6.45, 7) is 0. The molecule has 2 nitrogen and oxygen atoms in total. The second kappa shape index (κ2) is 4.10. The lowest BCUT2D eigenvalue weighted by atomic mass is 10.3. The van der Waals surface area contributed by atoms with Gasteiger partial charge in [0.15, 0.2) is 0 Å². The van der Waals surface area contributed by atoms with Gasteiger partial charge in [-0.2, -0.15) is 0 Å². The van der Waals surface area contributed by atoms with Crippen LogP contribution < -0.4 is 0 Å². The predicted molar refractivity (Wildman–Crippen MR) is 56.2 cm³/mol. The van der Waals surface area contributed by atoms with Crippen LogP contribution in [0.25, 0.3) is 5.69 Å². The van der Waals surface area contributed by atoms with E-state index in [-0.39, 0.29) is 5.69 Å². The van der Waals surface area contributed by atoms with Gasteiger partial charge in [0.1, 0.15) is 5.69 Å². The molecule has 0 aliphatic rings. The lowest BCUT2D eigenvalue weighted by molar-refractivity contribution is 0.146. The maximum atomic E-state index is 12.3. The number of hydrogen-bond donors (Lipinski definition) is 0. The van der Waals surface area contributed by atoms with Crippen molar-refractivity contribution in [3.63, 3.8) is 0 Å². The number of rotatable bonds is 2. The van der Waals surface area contributed by atoms with Crippen molar-refractivity contribution in [2.75, 3.05) is 0 Å². The van der Waals surface area contributed by atoms with E-state index in [0.717, 1.165) is 10.2 Å². The minimum absolute atomic E-state index is 0.210. The Bertz CT molecular complexity index is 451. The second-order valence-corrected chi connectivity index (χ2v) is 3.90. The van der Waals surface area contributed by atoms with Gasteiger partial charge in [-0.3, -0.25) is 0 Å². The van der Waals surface area contributed by atoms with E-state index < -0.39 is 6.43 Å². The zero-order valence-corrected chi connectivity index (χ0v) is 9.16. The van der Waals surface area contributed by atoms with Crippen LogP contribution in [0.2, 0.25) is 0 Å². The summed E-state index contributed by atoms with van der Waals surface area (Å²) < 4.78 is 27.1. The van der Waals surface area contributed by atoms with Crippen LogP contribution in [0.15, 0.2) is 41.3 Å². The molecule has 0 fully saturated rings. The third-order valence-electron chi connectivity index (χ3n) is 1.95. The van der Waals surface area contributed by atoms with Gasteiger partial charge in [-0.1, -0.05) is 15.9 Å². The molecule has 0 N–H and O–H groups in total. The van der Waals surface area contributed by atoms with E-state index >= 15 is 0 Å². The molecule has 2 rings (SSSR count). The van der Waals surface area contributed by atoms with Gasteiger partial charge < -0.3 is 4.57 Å². The standard InChI is InChI=1S/C10H7BrF2N2/c11-7-1-3-8(4-2-7)15-5-9(10(12)13)14-6-15/h1-6,10H. The molecular formula is C10H7BrF2N2. The largest absolute Gasteiger partial charge is 0.306 e. The van der Waals surface area contributed by atoms with Gasteiger partial charge in [-0.15, -0.1) is 0 Å². The summed E-state index contributed by atoms with van der Waals surface area (Å²) >= 11 is 3.30. The number of imidazole rings is 1. The molecule has 1 aromatic carbocycles. The van der Waals surface area contributed by atoms with Crippen molar-refractivity contribution >= 4 is 15.9 Å². The molecule has 0 unspecified atom stereocenters. The molecule has 15 heavy (non-hydrogen) atoms. The van der Waals surface area contributed by atoms with Crippen molar-refractivity contribution in [3.8, 4) is 5.69 Å². The zero-order valence-electron chi connectivity index (χ0n) is 7.57. The van der Waals surface area contributed by atoms with Crippen LogP contribution in [0.5, 0.6) is 0 Å². The number of halogens is 3. The highest BCUT2D eigenvalue weighted by molar-refractivity contribution is 9.10. The first-order chi connectivity index (χ1) is 7.16. The van der Waals surface area contributed by atoms with E-state index in [2.05, 4.69) is 20.9 Å². The maximum absolute atomic E-state index is 12.3. The predicted octanol–water partition coefficient (Wildman–Crippen LogP) is 3.57. The Hall–Kier alpha value is -1.23. The molecule has 0 amide bonds. The molecule has 0 saturated carbocycles. The third kappa shape index (κ3) is 2.23. The maximum Gasteiger partial charge on any atom is 0.281 e. The van der Waals surface area contributed by atoms with Gasteiger partial charge in [-0.05, 0) is 24.3 Å². The van der Waals surface area contributed by atoms with Crippen LogP contribution in [0.3, 0.4) is 0 Å². The quantitative estimate of drug-likeness (QED) is 0.817. The Morgan fingerprint density at radius 1 is 1.20 bits per heavy atom.